The van der Waals surface area contributed by atoms with E-state index in [4.69, 9.17) is 9.84 Å². The highest BCUT2D eigenvalue weighted by molar-refractivity contribution is 5.81. The fourth-order valence-corrected chi connectivity index (χ4v) is 1.92. The fraction of sp³-hybridized carbons (Fsp3) is 0.615. The van der Waals surface area contributed by atoms with Crippen molar-refractivity contribution in [2.24, 2.45) is 0 Å². The smallest absolute Gasteiger partial charge is 0.323 e. The van der Waals surface area contributed by atoms with Gasteiger partial charge in [0.25, 0.3) is 0 Å². The molecule has 0 radical (unpaired) electrons. The second-order valence-electron chi connectivity index (χ2n) is 4.60. The molecule has 0 spiro atoms. The van der Waals surface area contributed by atoms with Crippen molar-refractivity contribution < 1.29 is 19.4 Å². The van der Waals surface area contributed by atoms with Gasteiger partial charge in [-0.15, -0.1) is 0 Å². The molecule has 1 heterocycles. The first kappa shape index (κ1) is 16.2. The van der Waals surface area contributed by atoms with E-state index >= 15 is 0 Å². The Morgan fingerprint density at radius 3 is 2.65 bits per heavy atom. The largest absolute Gasteiger partial charge is 0.480 e. The van der Waals surface area contributed by atoms with Crippen LogP contribution < -0.4 is 0 Å². The number of carboxylic acids is 1. The van der Waals surface area contributed by atoms with Gasteiger partial charge in [-0.05, 0) is 19.9 Å². The number of hydrogen-bond acceptors (Lipinski definition) is 4. The van der Waals surface area contributed by atoms with Crippen LogP contribution in [0.1, 0.15) is 17.8 Å². The number of nitrogens with zero attached hydrogens (tertiary/aromatic N) is 3. The first-order chi connectivity index (χ1) is 9.43. The van der Waals surface area contributed by atoms with Gasteiger partial charge in [-0.1, -0.05) is 0 Å². The number of amides is 1. The van der Waals surface area contributed by atoms with Crippen molar-refractivity contribution in [3.05, 3.63) is 17.5 Å². The summed E-state index contributed by atoms with van der Waals surface area (Å²) in [6.07, 6.45) is 0.221. The Morgan fingerprint density at radius 2 is 2.15 bits per heavy atom. The van der Waals surface area contributed by atoms with Crippen LogP contribution in [-0.2, 0) is 20.9 Å². The third kappa shape index (κ3) is 5.00. The molecule has 7 nitrogen and oxygen atoms in total. The maximum absolute atomic E-state index is 12.0. The quantitative estimate of drug-likeness (QED) is 0.748. The molecule has 0 saturated heterocycles. The highest BCUT2D eigenvalue weighted by atomic mass is 16.5. The predicted molar refractivity (Wildman–Crippen MR) is 72.4 cm³/mol. The van der Waals surface area contributed by atoms with Crippen molar-refractivity contribution in [2.45, 2.75) is 26.8 Å². The number of carbonyl (C=O) groups excluding carboxylic acids is 1. The van der Waals surface area contributed by atoms with Crippen molar-refractivity contribution in [2.75, 3.05) is 26.8 Å². The first-order valence-corrected chi connectivity index (χ1v) is 6.43. The molecule has 0 aliphatic heterocycles. The van der Waals surface area contributed by atoms with Crippen LogP contribution in [0.3, 0.4) is 0 Å². The Morgan fingerprint density at radius 1 is 1.45 bits per heavy atom. The van der Waals surface area contributed by atoms with E-state index in [1.807, 2.05) is 19.9 Å². The van der Waals surface area contributed by atoms with Crippen molar-refractivity contribution >= 4 is 11.9 Å². The van der Waals surface area contributed by atoms with Gasteiger partial charge >= 0.3 is 5.97 Å². The minimum absolute atomic E-state index is 0.211. The number of aromatic nitrogens is 2. The lowest BCUT2D eigenvalue weighted by Gasteiger charge is -2.20. The van der Waals surface area contributed by atoms with Crippen molar-refractivity contribution in [3.8, 4) is 0 Å². The van der Waals surface area contributed by atoms with E-state index in [-0.39, 0.29) is 25.4 Å². The first-order valence-electron chi connectivity index (χ1n) is 6.43. The maximum Gasteiger partial charge on any atom is 0.323 e. The number of carboxylic acid groups (broad SMARTS) is 1. The van der Waals surface area contributed by atoms with E-state index < -0.39 is 5.97 Å². The Bertz CT molecular complexity index is 470. The van der Waals surface area contributed by atoms with Gasteiger partial charge in [-0.3, -0.25) is 14.3 Å². The zero-order valence-corrected chi connectivity index (χ0v) is 12.1. The molecule has 0 saturated carbocycles. The van der Waals surface area contributed by atoms with E-state index in [2.05, 4.69) is 5.10 Å². The second kappa shape index (κ2) is 7.64. The molecule has 1 N–H and O–H groups in total. The van der Waals surface area contributed by atoms with Gasteiger partial charge in [0.05, 0.1) is 12.3 Å². The van der Waals surface area contributed by atoms with E-state index in [0.29, 0.717) is 13.2 Å². The molecule has 0 aromatic carbocycles. The summed E-state index contributed by atoms with van der Waals surface area (Å²) in [6.45, 7) is 4.55. The van der Waals surface area contributed by atoms with E-state index in [1.165, 1.54) is 12.0 Å². The lowest BCUT2D eigenvalue weighted by Crippen LogP contribution is -2.38. The standard InChI is InChI=1S/C13H21N3O4/c1-10-8-11(2)16(14-10)5-4-12(17)15(6-7-20-3)9-13(18)19/h8H,4-7,9H2,1-3H3,(H,18,19). The summed E-state index contributed by atoms with van der Waals surface area (Å²) >= 11 is 0. The fourth-order valence-electron chi connectivity index (χ4n) is 1.92. The molecular formula is C13H21N3O4. The Balaban J connectivity index is 2.56. The van der Waals surface area contributed by atoms with Crippen LogP contribution in [0.4, 0.5) is 0 Å². The van der Waals surface area contributed by atoms with Crippen LogP contribution in [0.15, 0.2) is 6.07 Å². The summed E-state index contributed by atoms with van der Waals surface area (Å²) < 4.78 is 6.64. The summed E-state index contributed by atoms with van der Waals surface area (Å²) in [6, 6.07) is 1.93. The molecule has 0 aliphatic carbocycles. The molecule has 112 valence electrons. The highest BCUT2D eigenvalue weighted by Crippen LogP contribution is 2.04. The van der Waals surface area contributed by atoms with Crippen LogP contribution in [0.5, 0.6) is 0 Å². The lowest BCUT2D eigenvalue weighted by molar-refractivity contribution is -0.145. The number of ether oxygens (including phenoxy) is 1. The molecule has 0 atom stereocenters. The van der Waals surface area contributed by atoms with E-state index in [0.717, 1.165) is 11.4 Å². The third-order valence-corrected chi connectivity index (χ3v) is 2.88. The molecular weight excluding hydrogens is 262 g/mol. The summed E-state index contributed by atoms with van der Waals surface area (Å²) in [5.41, 5.74) is 1.88. The molecule has 1 aromatic rings. The lowest BCUT2D eigenvalue weighted by atomic mass is 10.3. The number of methoxy groups -OCH3 is 1. The molecule has 20 heavy (non-hydrogen) atoms. The summed E-state index contributed by atoms with van der Waals surface area (Å²) in [5.74, 6) is -1.24. The molecule has 0 bridgehead atoms. The van der Waals surface area contributed by atoms with E-state index in [9.17, 15) is 9.59 Å². The summed E-state index contributed by atoms with van der Waals surface area (Å²) in [5, 5.41) is 13.1. The number of carbonyl (C=O) groups is 2. The van der Waals surface area contributed by atoms with E-state index in [1.54, 1.807) is 4.68 Å². The highest BCUT2D eigenvalue weighted by Gasteiger charge is 2.16. The summed E-state index contributed by atoms with van der Waals surface area (Å²) in [7, 11) is 1.51. The number of aryl methyl sites for hydroxylation is 3. The molecule has 7 heteroatoms. The number of aliphatic carboxylic acids is 1. The SMILES string of the molecule is COCCN(CC(=O)O)C(=O)CCn1nc(C)cc1C. The average molecular weight is 283 g/mol. The maximum atomic E-state index is 12.0. The minimum atomic E-state index is -1.03. The predicted octanol–water partition coefficient (Wildman–Crippen LogP) is 0.450. The van der Waals surface area contributed by atoms with Gasteiger partial charge in [0, 0.05) is 32.3 Å². The molecule has 1 amide bonds. The van der Waals surface area contributed by atoms with Gasteiger partial charge in [0.1, 0.15) is 6.54 Å². The van der Waals surface area contributed by atoms with Crippen molar-refractivity contribution in [3.63, 3.8) is 0 Å². The Hall–Kier alpha value is -1.89. The molecule has 0 aliphatic rings. The third-order valence-electron chi connectivity index (χ3n) is 2.88. The van der Waals surface area contributed by atoms with Crippen LogP contribution >= 0.6 is 0 Å². The van der Waals surface area contributed by atoms with Crippen LogP contribution in [0, 0.1) is 13.8 Å². The van der Waals surface area contributed by atoms with Crippen LogP contribution in [0.25, 0.3) is 0 Å². The zero-order chi connectivity index (χ0) is 15.1. The molecule has 0 fully saturated rings. The van der Waals surface area contributed by atoms with Crippen molar-refractivity contribution in [1.82, 2.24) is 14.7 Å². The second-order valence-corrected chi connectivity index (χ2v) is 4.60. The van der Waals surface area contributed by atoms with Crippen LogP contribution in [0.2, 0.25) is 0 Å². The van der Waals surface area contributed by atoms with Gasteiger partial charge < -0.3 is 14.7 Å². The van der Waals surface area contributed by atoms with Gasteiger partial charge in [0.2, 0.25) is 5.91 Å². The molecule has 0 unspecified atom stereocenters. The Kier molecular flexibility index (Phi) is 6.17. The summed E-state index contributed by atoms with van der Waals surface area (Å²) in [4.78, 5) is 24.1. The average Bonchev–Trinajstić information content (AvgIpc) is 2.69. The van der Waals surface area contributed by atoms with Gasteiger partial charge in [-0.25, -0.2) is 0 Å². The topological polar surface area (TPSA) is 84.7 Å². The zero-order valence-electron chi connectivity index (χ0n) is 12.1. The Labute approximate surface area is 118 Å². The van der Waals surface area contributed by atoms with Crippen molar-refractivity contribution in [1.29, 1.82) is 0 Å². The van der Waals surface area contributed by atoms with Gasteiger partial charge in [-0.2, -0.15) is 5.10 Å². The monoisotopic (exact) mass is 283 g/mol. The normalized spacial score (nSPS) is 10.6. The minimum Gasteiger partial charge on any atom is -0.480 e. The number of hydrogen-bond donors (Lipinski definition) is 1. The molecule has 1 aromatic heterocycles. The molecule has 1 rings (SSSR count). The van der Waals surface area contributed by atoms with Crippen LogP contribution in [-0.4, -0.2) is 58.5 Å². The number of rotatable bonds is 8. The van der Waals surface area contributed by atoms with Gasteiger partial charge in [0.15, 0.2) is 0 Å².